The van der Waals surface area contributed by atoms with E-state index in [4.69, 9.17) is 9.47 Å². The zero-order valence-corrected chi connectivity index (χ0v) is 15.1. The molecule has 24 heavy (non-hydrogen) atoms. The van der Waals surface area contributed by atoms with E-state index in [2.05, 4.69) is 15.9 Å². The molecule has 1 fully saturated rings. The molecule has 9 heteroatoms. The van der Waals surface area contributed by atoms with Crippen LogP contribution in [0.5, 0.6) is 5.75 Å². The minimum absolute atomic E-state index is 0.0546. The summed E-state index contributed by atoms with van der Waals surface area (Å²) in [6.07, 6.45) is -0.388. The quantitative estimate of drug-likeness (QED) is 0.563. The standard InChI is InChI=1S/C15H18BrFN2O5/c1-15(2,3)24-14(20)18-6-9(7-18)8-23-13-11(16)4-10(19(21)22)5-12(13)17/h4-5,9H,6-8H2,1-3H3. The van der Waals surface area contributed by atoms with Crippen molar-refractivity contribution < 1.29 is 23.6 Å². The average Bonchev–Trinajstić information content (AvgIpc) is 2.36. The van der Waals surface area contributed by atoms with Crippen LogP contribution >= 0.6 is 15.9 Å². The lowest BCUT2D eigenvalue weighted by atomic mass is 10.0. The molecule has 132 valence electrons. The number of likely N-dealkylation sites (tertiary alicyclic amines) is 1. The Morgan fingerprint density at radius 3 is 2.58 bits per heavy atom. The van der Waals surface area contributed by atoms with Crippen molar-refractivity contribution in [1.29, 1.82) is 0 Å². The highest BCUT2D eigenvalue weighted by Crippen LogP contribution is 2.33. The maximum atomic E-state index is 13.9. The molecule has 1 aliphatic rings. The van der Waals surface area contributed by atoms with Crippen LogP contribution in [0.1, 0.15) is 20.8 Å². The van der Waals surface area contributed by atoms with E-state index >= 15 is 0 Å². The summed E-state index contributed by atoms with van der Waals surface area (Å²) < 4.78 is 24.7. The van der Waals surface area contributed by atoms with Gasteiger partial charge in [0.1, 0.15) is 5.60 Å². The Morgan fingerprint density at radius 1 is 1.46 bits per heavy atom. The smallest absolute Gasteiger partial charge is 0.410 e. The van der Waals surface area contributed by atoms with E-state index in [0.29, 0.717) is 13.1 Å². The maximum Gasteiger partial charge on any atom is 0.410 e. The van der Waals surface area contributed by atoms with Crippen molar-refractivity contribution in [3.05, 3.63) is 32.5 Å². The molecule has 0 aliphatic carbocycles. The molecular weight excluding hydrogens is 387 g/mol. The summed E-state index contributed by atoms with van der Waals surface area (Å²) in [5.74, 6) is -0.824. The van der Waals surface area contributed by atoms with E-state index in [9.17, 15) is 19.3 Å². The summed E-state index contributed by atoms with van der Waals surface area (Å²) in [5, 5.41) is 10.7. The maximum absolute atomic E-state index is 13.9. The molecule has 0 saturated carbocycles. The summed E-state index contributed by atoms with van der Waals surface area (Å²) in [4.78, 5) is 23.3. The van der Waals surface area contributed by atoms with Gasteiger partial charge in [-0.05, 0) is 36.7 Å². The Kier molecular flexibility index (Phi) is 5.32. The molecule has 0 N–H and O–H groups in total. The second-order valence-electron chi connectivity index (χ2n) is 6.56. The highest BCUT2D eigenvalue weighted by molar-refractivity contribution is 9.10. The number of ether oxygens (including phenoxy) is 2. The third kappa shape index (κ3) is 4.56. The lowest BCUT2D eigenvalue weighted by Crippen LogP contribution is -2.53. The highest BCUT2D eigenvalue weighted by atomic mass is 79.9. The first-order valence-corrected chi connectivity index (χ1v) is 8.10. The van der Waals surface area contributed by atoms with Crippen molar-refractivity contribution in [3.63, 3.8) is 0 Å². The van der Waals surface area contributed by atoms with E-state index in [1.807, 2.05) is 0 Å². The molecule has 7 nitrogen and oxygen atoms in total. The van der Waals surface area contributed by atoms with Crippen LogP contribution < -0.4 is 4.74 Å². The van der Waals surface area contributed by atoms with Gasteiger partial charge >= 0.3 is 6.09 Å². The summed E-state index contributed by atoms with van der Waals surface area (Å²) in [6, 6.07) is 2.00. The van der Waals surface area contributed by atoms with Crippen LogP contribution in [-0.4, -0.2) is 41.2 Å². The van der Waals surface area contributed by atoms with Crippen molar-refractivity contribution in [3.8, 4) is 5.75 Å². The van der Waals surface area contributed by atoms with Gasteiger partial charge in [0.05, 0.1) is 22.1 Å². The number of amides is 1. The van der Waals surface area contributed by atoms with E-state index in [1.54, 1.807) is 25.7 Å². The van der Waals surface area contributed by atoms with Crippen molar-refractivity contribution in [2.75, 3.05) is 19.7 Å². The number of halogens is 2. The minimum Gasteiger partial charge on any atom is -0.489 e. The summed E-state index contributed by atoms with van der Waals surface area (Å²) >= 11 is 3.07. The molecule has 1 amide bonds. The molecule has 0 atom stereocenters. The number of nitro groups is 1. The zero-order chi connectivity index (χ0) is 18.1. The van der Waals surface area contributed by atoms with Crippen molar-refractivity contribution in [1.82, 2.24) is 4.90 Å². The van der Waals surface area contributed by atoms with Gasteiger partial charge in [-0.15, -0.1) is 0 Å². The van der Waals surface area contributed by atoms with Crippen LogP contribution in [0.4, 0.5) is 14.9 Å². The van der Waals surface area contributed by atoms with Gasteiger partial charge in [0.25, 0.3) is 5.69 Å². The molecule has 0 bridgehead atoms. The molecular formula is C15H18BrFN2O5. The Balaban J connectivity index is 1.86. The fourth-order valence-corrected chi connectivity index (χ4v) is 2.68. The van der Waals surface area contributed by atoms with Crippen LogP contribution in [0.25, 0.3) is 0 Å². The normalized spacial score (nSPS) is 15.0. The predicted octanol–water partition coefficient (Wildman–Crippen LogP) is 3.74. The van der Waals surface area contributed by atoms with Gasteiger partial charge in [0.2, 0.25) is 0 Å². The first-order chi connectivity index (χ1) is 11.1. The third-order valence-corrected chi connectivity index (χ3v) is 3.86. The zero-order valence-electron chi connectivity index (χ0n) is 13.5. The second kappa shape index (κ2) is 6.92. The molecule has 0 spiro atoms. The first kappa shape index (κ1) is 18.4. The molecule has 1 aliphatic heterocycles. The topological polar surface area (TPSA) is 81.9 Å². The fourth-order valence-electron chi connectivity index (χ4n) is 2.14. The Morgan fingerprint density at radius 2 is 2.08 bits per heavy atom. The largest absolute Gasteiger partial charge is 0.489 e. The van der Waals surface area contributed by atoms with Crippen molar-refractivity contribution in [2.24, 2.45) is 5.92 Å². The number of benzene rings is 1. The Hall–Kier alpha value is -1.90. The summed E-state index contributed by atoms with van der Waals surface area (Å²) in [5.41, 5.74) is -0.905. The van der Waals surface area contributed by atoms with Crippen LogP contribution in [0.2, 0.25) is 0 Å². The van der Waals surface area contributed by atoms with Gasteiger partial charge in [-0.3, -0.25) is 10.1 Å². The number of hydrogen-bond acceptors (Lipinski definition) is 5. The average molecular weight is 405 g/mol. The lowest BCUT2D eigenvalue weighted by Gasteiger charge is -2.39. The molecule has 0 aromatic heterocycles. The molecule has 1 heterocycles. The van der Waals surface area contributed by atoms with E-state index in [0.717, 1.165) is 6.07 Å². The molecule has 1 aromatic rings. The minimum atomic E-state index is -0.806. The van der Waals surface area contributed by atoms with Gasteiger partial charge in [0.15, 0.2) is 11.6 Å². The second-order valence-corrected chi connectivity index (χ2v) is 7.41. The van der Waals surface area contributed by atoms with Crippen LogP contribution in [0, 0.1) is 21.8 Å². The molecule has 0 radical (unpaired) electrons. The summed E-state index contributed by atoms with van der Waals surface area (Å²) in [6.45, 7) is 6.50. The number of nitro benzene ring substituents is 1. The van der Waals surface area contributed by atoms with E-state index < -0.39 is 16.3 Å². The first-order valence-electron chi connectivity index (χ1n) is 7.31. The number of carbonyl (C=O) groups is 1. The predicted molar refractivity (Wildman–Crippen MR) is 87.5 cm³/mol. The number of carbonyl (C=O) groups excluding carboxylic acids is 1. The summed E-state index contributed by atoms with van der Waals surface area (Å²) in [7, 11) is 0. The number of hydrogen-bond donors (Lipinski definition) is 0. The SMILES string of the molecule is CC(C)(C)OC(=O)N1CC(COc2c(F)cc([N+](=O)[O-])cc2Br)C1. The van der Waals surface area contributed by atoms with Crippen LogP contribution in [-0.2, 0) is 4.74 Å². The van der Waals surface area contributed by atoms with E-state index in [-0.39, 0.29) is 34.5 Å². The lowest BCUT2D eigenvalue weighted by molar-refractivity contribution is -0.385. The third-order valence-electron chi connectivity index (χ3n) is 3.27. The van der Waals surface area contributed by atoms with Gasteiger partial charge in [-0.2, -0.15) is 0 Å². The van der Waals surface area contributed by atoms with Crippen LogP contribution in [0.3, 0.4) is 0 Å². The highest BCUT2D eigenvalue weighted by Gasteiger charge is 2.34. The number of nitrogens with zero attached hydrogens (tertiary/aromatic N) is 2. The fraction of sp³-hybridized carbons (Fsp3) is 0.533. The van der Waals surface area contributed by atoms with Crippen molar-refractivity contribution in [2.45, 2.75) is 26.4 Å². The Labute approximate surface area is 147 Å². The Bertz CT molecular complexity index is 633. The van der Waals surface area contributed by atoms with Gasteiger partial charge in [-0.25, -0.2) is 9.18 Å². The molecule has 2 rings (SSSR count). The van der Waals surface area contributed by atoms with E-state index in [1.165, 1.54) is 6.07 Å². The van der Waals surface area contributed by atoms with Gasteiger partial charge in [-0.1, -0.05) is 0 Å². The number of non-ortho nitro benzene ring substituents is 1. The monoisotopic (exact) mass is 404 g/mol. The number of rotatable bonds is 4. The molecule has 0 unspecified atom stereocenters. The van der Waals surface area contributed by atoms with Gasteiger partial charge < -0.3 is 14.4 Å². The van der Waals surface area contributed by atoms with Crippen LogP contribution in [0.15, 0.2) is 16.6 Å². The molecule has 1 aromatic carbocycles. The van der Waals surface area contributed by atoms with Gasteiger partial charge in [0, 0.05) is 25.1 Å². The molecule has 1 saturated heterocycles. The van der Waals surface area contributed by atoms with Crippen molar-refractivity contribution >= 4 is 27.7 Å².